The Kier molecular flexibility index (Phi) is 3.02. The maximum Gasteiger partial charge on any atom is 0.356 e. The molecule has 0 aromatic carbocycles. The van der Waals surface area contributed by atoms with Gasteiger partial charge in [-0.25, -0.2) is 9.48 Å². The Morgan fingerprint density at radius 2 is 2.36 bits per heavy atom. The zero-order chi connectivity index (χ0) is 10.6. The van der Waals surface area contributed by atoms with Crippen LogP contribution in [-0.2, 0) is 6.54 Å². The predicted molar refractivity (Wildman–Crippen MR) is 48.9 cm³/mol. The van der Waals surface area contributed by atoms with Crippen molar-refractivity contribution < 1.29 is 9.90 Å². The van der Waals surface area contributed by atoms with Gasteiger partial charge in [0.25, 0.3) is 5.56 Å². The molecule has 14 heavy (non-hydrogen) atoms. The molecule has 0 spiro atoms. The molecule has 5 nitrogen and oxygen atoms in total. The van der Waals surface area contributed by atoms with E-state index < -0.39 is 5.97 Å². The second-order valence-corrected chi connectivity index (χ2v) is 2.45. The molecule has 0 saturated heterocycles. The van der Waals surface area contributed by atoms with E-state index in [1.54, 1.807) is 6.92 Å². The van der Waals surface area contributed by atoms with Gasteiger partial charge in [-0.3, -0.25) is 4.79 Å². The van der Waals surface area contributed by atoms with E-state index in [0.29, 0.717) is 0 Å². The van der Waals surface area contributed by atoms with Crippen molar-refractivity contribution in [2.75, 3.05) is 0 Å². The zero-order valence-corrected chi connectivity index (χ0v) is 7.52. The van der Waals surface area contributed by atoms with Gasteiger partial charge < -0.3 is 5.11 Å². The minimum Gasteiger partial charge on any atom is -0.476 e. The minimum atomic E-state index is -1.16. The van der Waals surface area contributed by atoms with Gasteiger partial charge in [0.15, 0.2) is 5.69 Å². The van der Waals surface area contributed by atoms with Gasteiger partial charge in [-0.15, -0.1) is 5.92 Å². The molecule has 1 rings (SSSR count). The van der Waals surface area contributed by atoms with Gasteiger partial charge in [0, 0.05) is 6.07 Å². The van der Waals surface area contributed by atoms with Crippen molar-refractivity contribution in [2.45, 2.75) is 13.5 Å². The van der Waals surface area contributed by atoms with Crippen LogP contribution in [0, 0.1) is 11.8 Å². The minimum absolute atomic E-state index is 0.108. The molecule has 0 radical (unpaired) electrons. The van der Waals surface area contributed by atoms with E-state index in [1.807, 2.05) is 0 Å². The van der Waals surface area contributed by atoms with Gasteiger partial charge in [0.05, 0.1) is 0 Å². The number of hydrogen-bond acceptors (Lipinski definition) is 3. The fourth-order valence-electron chi connectivity index (χ4n) is 0.830. The summed E-state index contributed by atoms with van der Waals surface area (Å²) in [5.74, 6) is 4.06. The van der Waals surface area contributed by atoms with Crippen molar-refractivity contribution in [2.24, 2.45) is 0 Å². The first-order valence-corrected chi connectivity index (χ1v) is 3.86. The molecule has 1 N–H and O–H groups in total. The molecule has 5 heteroatoms. The molecule has 0 saturated carbocycles. The second kappa shape index (κ2) is 4.23. The highest BCUT2D eigenvalue weighted by Crippen LogP contribution is 1.89. The highest BCUT2D eigenvalue weighted by Gasteiger charge is 2.05. The lowest BCUT2D eigenvalue weighted by Crippen LogP contribution is -2.23. The highest BCUT2D eigenvalue weighted by molar-refractivity contribution is 5.84. The van der Waals surface area contributed by atoms with Crippen LogP contribution in [0.1, 0.15) is 17.4 Å². The van der Waals surface area contributed by atoms with Crippen LogP contribution in [0.3, 0.4) is 0 Å². The van der Waals surface area contributed by atoms with Crippen molar-refractivity contribution >= 4 is 5.97 Å². The van der Waals surface area contributed by atoms with Crippen LogP contribution in [0.25, 0.3) is 0 Å². The summed E-state index contributed by atoms with van der Waals surface area (Å²) >= 11 is 0. The van der Waals surface area contributed by atoms with Gasteiger partial charge in [-0.05, 0) is 13.0 Å². The molecule has 0 bridgehead atoms. The average molecular weight is 192 g/mol. The SMILES string of the molecule is CC#CCn1nc(C(=O)O)ccc1=O. The van der Waals surface area contributed by atoms with Crippen LogP contribution in [0.4, 0.5) is 0 Å². The van der Waals surface area contributed by atoms with Crippen LogP contribution >= 0.6 is 0 Å². The quantitative estimate of drug-likeness (QED) is 0.667. The van der Waals surface area contributed by atoms with E-state index >= 15 is 0 Å². The van der Waals surface area contributed by atoms with Gasteiger partial charge in [-0.2, -0.15) is 5.10 Å². The molecular weight excluding hydrogens is 184 g/mol. The molecule has 72 valence electrons. The number of aromatic carboxylic acids is 1. The molecule has 1 heterocycles. The molecule has 0 fully saturated rings. The Bertz CT molecular complexity index is 465. The zero-order valence-electron chi connectivity index (χ0n) is 7.52. The summed E-state index contributed by atoms with van der Waals surface area (Å²) in [6.07, 6.45) is 0. The van der Waals surface area contributed by atoms with Crippen molar-refractivity contribution in [3.05, 3.63) is 28.2 Å². The maximum absolute atomic E-state index is 11.1. The van der Waals surface area contributed by atoms with Crippen molar-refractivity contribution in [1.82, 2.24) is 9.78 Å². The molecule has 0 unspecified atom stereocenters. The van der Waals surface area contributed by atoms with Gasteiger partial charge in [0.2, 0.25) is 0 Å². The Balaban J connectivity index is 3.12. The number of aromatic nitrogens is 2. The third-order valence-corrected chi connectivity index (χ3v) is 1.49. The Morgan fingerprint density at radius 3 is 2.93 bits per heavy atom. The molecule has 0 amide bonds. The summed E-state index contributed by atoms with van der Waals surface area (Å²) in [4.78, 5) is 21.7. The molecular formula is C9H8N2O3. The van der Waals surface area contributed by atoms with Gasteiger partial charge in [0.1, 0.15) is 6.54 Å². The van der Waals surface area contributed by atoms with E-state index in [-0.39, 0.29) is 17.8 Å². The summed E-state index contributed by atoms with van der Waals surface area (Å²) in [7, 11) is 0. The molecule has 0 aliphatic rings. The van der Waals surface area contributed by atoms with E-state index in [4.69, 9.17) is 5.11 Å². The van der Waals surface area contributed by atoms with E-state index in [9.17, 15) is 9.59 Å². The van der Waals surface area contributed by atoms with Crippen LogP contribution in [0.15, 0.2) is 16.9 Å². The average Bonchev–Trinajstić information content (AvgIpc) is 2.16. The summed E-state index contributed by atoms with van der Waals surface area (Å²) in [6, 6.07) is 2.33. The summed E-state index contributed by atoms with van der Waals surface area (Å²) in [6.45, 7) is 1.74. The standard InChI is InChI=1S/C9H8N2O3/c1-2-3-6-11-8(12)5-4-7(10-11)9(13)14/h4-5H,6H2,1H3,(H,13,14). The van der Waals surface area contributed by atoms with E-state index in [1.165, 1.54) is 6.07 Å². The van der Waals surface area contributed by atoms with Crippen molar-refractivity contribution in [3.63, 3.8) is 0 Å². The Hall–Kier alpha value is -2.09. The fourth-order valence-corrected chi connectivity index (χ4v) is 0.830. The Morgan fingerprint density at radius 1 is 1.64 bits per heavy atom. The largest absolute Gasteiger partial charge is 0.476 e. The summed E-state index contributed by atoms with van der Waals surface area (Å²) in [5.41, 5.74) is -0.528. The van der Waals surface area contributed by atoms with Gasteiger partial charge >= 0.3 is 5.97 Å². The first-order chi connectivity index (χ1) is 6.65. The highest BCUT2D eigenvalue weighted by atomic mass is 16.4. The smallest absolute Gasteiger partial charge is 0.356 e. The number of nitrogens with zero attached hydrogens (tertiary/aromatic N) is 2. The van der Waals surface area contributed by atoms with Crippen molar-refractivity contribution in [3.8, 4) is 11.8 Å². The number of carbonyl (C=O) groups is 1. The number of hydrogen-bond donors (Lipinski definition) is 1. The van der Waals surface area contributed by atoms with Crippen molar-refractivity contribution in [1.29, 1.82) is 0 Å². The molecule has 1 aromatic rings. The molecule has 0 atom stereocenters. The van der Waals surface area contributed by atoms with Crippen LogP contribution < -0.4 is 5.56 Å². The Labute approximate surface area is 80.0 Å². The molecule has 1 aromatic heterocycles. The fraction of sp³-hybridized carbons (Fsp3) is 0.222. The number of carboxylic acid groups (broad SMARTS) is 1. The number of rotatable bonds is 2. The topological polar surface area (TPSA) is 72.2 Å². The third-order valence-electron chi connectivity index (χ3n) is 1.49. The molecule has 0 aliphatic heterocycles. The summed E-state index contributed by atoms with van der Waals surface area (Å²) < 4.78 is 1.01. The lowest BCUT2D eigenvalue weighted by molar-refractivity contribution is 0.0687. The lowest BCUT2D eigenvalue weighted by Gasteiger charge is -1.99. The monoisotopic (exact) mass is 192 g/mol. The van der Waals surface area contributed by atoms with Crippen LogP contribution in [0.5, 0.6) is 0 Å². The third kappa shape index (κ3) is 2.20. The van der Waals surface area contributed by atoms with Gasteiger partial charge in [-0.1, -0.05) is 5.92 Å². The maximum atomic E-state index is 11.1. The lowest BCUT2D eigenvalue weighted by atomic mass is 10.4. The number of carboxylic acids is 1. The second-order valence-electron chi connectivity index (χ2n) is 2.45. The normalized spacial score (nSPS) is 8.93. The van der Waals surface area contributed by atoms with E-state index in [0.717, 1.165) is 10.7 Å². The summed E-state index contributed by atoms with van der Waals surface area (Å²) in [5, 5.41) is 12.2. The van der Waals surface area contributed by atoms with E-state index in [2.05, 4.69) is 16.9 Å². The van der Waals surface area contributed by atoms with Crippen LogP contribution in [-0.4, -0.2) is 20.9 Å². The van der Waals surface area contributed by atoms with Crippen LogP contribution in [0.2, 0.25) is 0 Å². The first kappa shape index (κ1) is 9.99. The first-order valence-electron chi connectivity index (χ1n) is 3.86. The molecule has 0 aliphatic carbocycles. The predicted octanol–water partition coefficient (Wildman–Crippen LogP) is -0.0352.